The monoisotopic (exact) mass is 243 g/mol. The van der Waals surface area contributed by atoms with E-state index < -0.39 is 5.91 Å². The van der Waals surface area contributed by atoms with E-state index in [-0.39, 0.29) is 5.69 Å². The molecule has 92 valence electrons. The lowest BCUT2D eigenvalue weighted by atomic mass is 10.2. The Labute approximate surface area is 104 Å². The molecule has 0 aliphatic rings. The highest BCUT2D eigenvalue weighted by Crippen LogP contribution is 2.27. The van der Waals surface area contributed by atoms with Crippen LogP contribution in [0.1, 0.15) is 16.1 Å². The van der Waals surface area contributed by atoms with Crippen LogP contribution in [0, 0.1) is 6.92 Å². The number of nitrogens with zero attached hydrogens (tertiary/aromatic N) is 1. The average molecular weight is 243 g/mol. The molecule has 5 heteroatoms. The molecule has 0 aliphatic heterocycles. The minimum atomic E-state index is -0.600. The Kier molecular flexibility index (Phi) is 3.14. The van der Waals surface area contributed by atoms with Gasteiger partial charge in [0.2, 0.25) is 0 Å². The minimum Gasteiger partial charge on any atom is -0.455 e. The van der Waals surface area contributed by atoms with Gasteiger partial charge >= 0.3 is 0 Å². The highest BCUT2D eigenvalue weighted by molar-refractivity contribution is 5.91. The van der Waals surface area contributed by atoms with Crippen molar-refractivity contribution in [2.75, 3.05) is 5.73 Å². The van der Waals surface area contributed by atoms with Gasteiger partial charge in [-0.05, 0) is 30.7 Å². The molecule has 0 bridgehead atoms. The SMILES string of the molecule is Cc1ccc(Oc2ccnc(C(N)=O)c2)c(N)c1. The van der Waals surface area contributed by atoms with Gasteiger partial charge in [0, 0.05) is 12.3 Å². The van der Waals surface area contributed by atoms with E-state index in [0.717, 1.165) is 5.56 Å². The molecule has 18 heavy (non-hydrogen) atoms. The number of hydrogen-bond acceptors (Lipinski definition) is 4. The topological polar surface area (TPSA) is 91.2 Å². The Morgan fingerprint density at radius 3 is 2.72 bits per heavy atom. The zero-order chi connectivity index (χ0) is 13.1. The predicted molar refractivity (Wildman–Crippen MR) is 68.4 cm³/mol. The molecule has 2 aromatic rings. The lowest BCUT2D eigenvalue weighted by Gasteiger charge is -2.09. The lowest BCUT2D eigenvalue weighted by molar-refractivity contribution is 0.0995. The largest absolute Gasteiger partial charge is 0.455 e. The van der Waals surface area contributed by atoms with E-state index in [9.17, 15) is 4.79 Å². The number of aromatic nitrogens is 1. The van der Waals surface area contributed by atoms with Crippen molar-refractivity contribution in [1.29, 1.82) is 0 Å². The summed E-state index contributed by atoms with van der Waals surface area (Å²) in [5, 5.41) is 0. The van der Waals surface area contributed by atoms with E-state index in [2.05, 4.69) is 4.98 Å². The van der Waals surface area contributed by atoms with E-state index in [1.807, 2.05) is 19.1 Å². The molecule has 0 fully saturated rings. The number of primary amides is 1. The third-order valence-corrected chi connectivity index (χ3v) is 2.38. The third-order valence-electron chi connectivity index (χ3n) is 2.38. The second-order valence-electron chi connectivity index (χ2n) is 3.88. The van der Waals surface area contributed by atoms with Gasteiger partial charge in [0.15, 0.2) is 0 Å². The number of carbonyl (C=O) groups excluding carboxylic acids is 1. The maximum absolute atomic E-state index is 11.0. The third kappa shape index (κ3) is 2.57. The van der Waals surface area contributed by atoms with Gasteiger partial charge in [-0.1, -0.05) is 6.07 Å². The molecule has 5 nitrogen and oxygen atoms in total. The summed E-state index contributed by atoms with van der Waals surface area (Å²) in [4.78, 5) is 14.8. The first-order chi connectivity index (χ1) is 8.56. The summed E-state index contributed by atoms with van der Waals surface area (Å²) in [7, 11) is 0. The first-order valence-corrected chi connectivity index (χ1v) is 5.36. The minimum absolute atomic E-state index is 0.151. The van der Waals surface area contributed by atoms with Crippen LogP contribution >= 0.6 is 0 Å². The van der Waals surface area contributed by atoms with Gasteiger partial charge in [-0.2, -0.15) is 0 Å². The summed E-state index contributed by atoms with van der Waals surface area (Å²) in [6.45, 7) is 1.94. The number of benzene rings is 1. The molecular formula is C13H13N3O2. The fourth-order valence-corrected chi connectivity index (χ4v) is 1.50. The first-order valence-electron chi connectivity index (χ1n) is 5.36. The number of hydrogen-bond donors (Lipinski definition) is 2. The van der Waals surface area contributed by atoms with Crippen molar-refractivity contribution in [3.8, 4) is 11.5 Å². The molecule has 0 saturated carbocycles. The predicted octanol–water partition coefficient (Wildman–Crippen LogP) is 1.86. The van der Waals surface area contributed by atoms with Crippen molar-refractivity contribution in [3.05, 3.63) is 47.8 Å². The average Bonchev–Trinajstić information content (AvgIpc) is 2.33. The van der Waals surface area contributed by atoms with Gasteiger partial charge in [-0.15, -0.1) is 0 Å². The van der Waals surface area contributed by atoms with Gasteiger partial charge in [-0.25, -0.2) is 0 Å². The molecule has 0 atom stereocenters. The molecule has 0 saturated heterocycles. The number of nitrogen functional groups attached to an aromatic ring is 1. The number of amides is 1. The zero-order valence-corrected chi connectivity index (χ0v) is 9.88. The van der Waals surface area contributed by atoms with E-state index in [1.54, 1.807) is 12.1 Å². The van der Waals surface area contributed by atoms with E-state index in [1.165, 1.54) is 12.3 Å². The molecule has 1 aromatic heterocycles. The number of aryl methyl sites for hydroxylation is 1. The molecule has 2 rings (SSSR count). The highest BCUT2D eigenvalue weighted by Gasteiger charge is 2.06. The van der Waals surface area contributed by atoms with Crippen LogP contribution in [0.4, 0.5) is 5.69 Å². The van der Waals surface area contributed by atoms with E-state index in [0.29, 0.717) is 17.2 Å². The molecule has 1 amide bonds. The first kappa shape index (κ1) is 11.9. The Morgan fingerprint density at radius 1 is 1.28 bits per heavy atom. The molecule has 0 radical (unpaired) electrons. The summed E-state index contributed by atoms with van der Waals surface area (Å²) < 4.78 is 5.58. The maximum Gasteiger partial charge on any atom is 0.267 e. The maximum atomic E-state index is 11.0. The molecule has 1 aromatic carbocycles. The fourth-order valence-electron chi connectivity index (χ4n) is 1.50. The highest BCUT2D eigenvalue weighted by atomic mass is 16.5. The number of nitrogens with two attached hydrogens (primary N) is 2. The quantitative estimate of drug-likeness (QED) is 0.805. The molecule has 1 heterocycles. The molecule has 4 N–H and O–H groups in total. The summed E-state index contributed by atoms with van der Waals surface area (Å²) in [5.74, 6) is 0.397. The lowest BCUT2D eigenvalue weighted by Crippen LogP contribution is -2.12. The van der Waals surface area contributed by atoms with Gasteiger partial charge < -0.3 is 16.2 Å². The van der Waals surface area contributed by atoms with E-state index in [4.69, 9.17) is 16.2 Å². The Bertz CT molecular complexity index is 597. The summed E-state index contributed by atoms with van der Waals surface area (Å²) in [5.41, 5.74) is 12.7. The van der Waals surface area contributed by atoms with Gasteiger partial charge in [0.05, 0.1) is 5.69 Å². The number of anilines is 1. The van der Waals surface area contributed by atoms with Crippen molar-refractivity contribution in [2.24, 2.45) is 5.73 Å². The van der Waals surface area contributed by atoms with Crippen LogP contribution in [-0.4, -0.2) is 10.9 Å². The van der Waals surface area contributed by atoms with Crippen LogP contribution in [0.2, 0.25) is 0 Å². The van der Waals surface area contributed by atoms with Crippen molar-refractivity contribution < 1.29 is 9.53 Å². The standard InChI is InChI=1S/C13H13N3O2/c1-8-2-3-12(10(14)6-8)18-9-4-5-16-11(7-9)13(15)17/h2-7H,14H2,1H3,(H2,15,17). The second kappa shape index (κ2) is 4.75. The number of ether oxygens (including phenoxy) is 1. The molecule has 0 spiro atoms. The molecular weight excluding hydrogens is 230 g/mol. The fraction of sp³-hybridized carbons (Fsp3) is 0.0769. The summed E-state index contributed by atoms with van der Waals surface area (Å²) in [6, 6.07) is 8.58. The van der Waals surface area contributed by atoms with E-state index >= 15 is 0 Å². The van der Waals surface area contributed by atoms with Crippen LogP contribution < -0.4 is 16.2 Å². The molecule has 0 unspecified atom stereocenters. The summed E-state index contributed by atoms with van der Waals surface area (Å²) in [6.07, 6.45) is 1.46. The van der Waals surface area contributed by atoms with Crippen molar-refractivity contribution >= 4 is 11.6 Å². The zero-order valence-electron chi connectivity index (χ0n) is 9.88. The molecule has 0 aliphatic carbocycles. The number of pyridine rings is 1. The van der Waals surface area contributed by atoms with Crippen LogP contribution in [-0.2, 0) is 0 Å². The van der Waals surface area contributed by atoms with Crippen LogP contribution in [0.3, 0.4) is 0 Å². The van der Waals surface area contributed by atoms with Crippen molar-refractivity contribution in [3.63, 3.8) is 0 Å². The smallest absolute Gasteiger partial charge is 0.267 e. The Hall–Kier alpha value is -2.56. The van der Waals surface area contributed by atoms with Crippen LogP contribution in [0.15, 0.2) is 36.5 Å². The number of carbonyl (C=O) groups is 1. The van der Waals surface area contributed by atoms with Crippen molar-refractivity contribution in [1.82, 2.24) is 4.98 Å². The summed E-state index contributed by atoms with van der Waals surface area (Å²) >= 11 is 0. The van der Waals surface area contributed by atoms with Crippen LogP contribution in [0.5, 0.6) is 11.5 Å². The van der Waals surface area contributed by atoms with Crippen LogP contribution in [0.25, 0.3) is 0 Å². The van der Waals surface area contributed by atoms with Gasteiger partial charge in [0.25, 0.3) is 5.91 Å². The van der Waals surface area contributed by atoms with Gasteiger partial charge in [0.1, 0.15) is 17.2 Å². The normalized spacial score (nSPS) is 10.1. The second-order valence-corrected chi connectivity index (χ2v) is 3.88. The number of rotatable bonds is 3. The van der Waals surface area contributed by atoms with Crippen molar-refractivity contribution in [2.45, 2.75) is 6.92 Å². The Balaban J connectivity index is 2.28. The Morgan fingerprint density at radius 2 is 2.06 bits per heavy atom. The van der Waals surface area contributed by atoms with Gasteiger partial charge in [-0.3, -0.25) is 9.78 Å².